The number of hydrogen-bond donors (Lipinski definition) is 1. The Kier molecular flexibility index (Phi) is 3.59. The van der Waals surface area contributed by atoms with Crippen molar-refractivity contribution in [3.63, 3.8) is 0 Å². The van der Waals surface area contributed by atoms with Gasteiger partial charge in [0.15, 0.2) is 5.76 Å². The minimum absolute atomic E-state index is 0.657. The summed E-state index contributed by atoms with van der Waals surface area (Å²) in [6.07, 6.45) is 1.73. The SMILES string of the molecule is CCNCc1ncc(-c2ccc(Cl)cc2)o1. The highest BCUT2D eigenvalue weighted by atomic mass is 35.5. The summed E-state index contributed by atoms with van der Waals surface area (Å²) >= 11 is 5.82. The van der Waals surface area contributed by atoms with Gasteiger partial charge in [0.1, 0.15) is 0 Å². The van der Waals surface area contributed by atoms with E-state index in [-0.39, 0.29) is 0 Å². The molecule has 0 saturated carbocycles. The van der Waals surface area contributed by atoms with Gasteiger partial charge >= 0.3 is 0 Å². The smallest absolute Gasteiger partial charge is 0.208 e. The van der Waals surface area contributed by atoms with Gasteiger partial charge in [-0.05, 0) is 30.8 Å². The van der Waals surface area contributed by atoms with Crippen LogP contribution in [-0.2, 0) is 6.54 Å². The fourth-order valence-corrected chi connectivity index (χ4v) is 1.50. The molecule has 0 amide bonds. The highest BCUT2D eigenvalue weighted by Crippen LogP contribution is 2.22. The maximum absolute atomic E-state index is 5.82. The summed E-state index contributed by atoms with van der Waals surface area (Å²) in [7, 11) is 0. The highest BCUT2D eigenvalue weighted by Gasteiger charge is 2.05. The number of aromatic nitrogens is 1. The van der Waals surface area contributed by atoms with Crippen LogP contribution in [0.2, 0.25) is 5.02 Å². The molecular formula is C12H13ClN2O. The Bertz CT molecular complexity index is 450. The van der Waals surface area contributed by atoms with E-state index in [1.54, 1.807) is 6.20 Å². The van der Waals surface area contributed by atoms with Gasteiger partial charge in [0.2, 0.25) is 5.89 Å². The van der Waals surface area contributed by atoms with Crippen molar-refractivity contribution < 1.29 is 4.42 Å². The van der Waals surface area contributed by atoms with Gasteiger partial charge in [0.25, 0.3) is 0 Å². The molecular weight excluding hydrogens is 224 g/mol. The maximum Gasteiger partial charge on any atom is 0.208 e. The van der Waals surface area contributed by atoms with E-state index in [4.69, 9.17) is 16.0 Å². The summed E-state index contributed by atoms with van der Waals surface area (Å²) in [4.78, 5) is 4.19. The van der Waals surface area contributed by atoms with Crippen molar-refractivity contribution in [3.8, 4) is 11.3 Å². The lowest BCUT2D eigenvalue weighted by atomic mass is 10.2. The van der Waals surface area contributed by atoms with Crippen LogP contribution in [0, 0.1) is 0 Å². The van der Waals surface area contributed by atoms with E-state index in [1.165, 1.54) is 0 Å². The fraction of sp³-hybridized carbons (Fsp3) is 0.250. The molecule has 84 valence electrons. The predicted molar refractivity (Wildman–Crippen MR) is 64.3 cm³/mol. The summed E-state index contributed by atoms with van der Waals surface area (Å²) in [6.45, 7) is 3.60. The molecule has 0 aliphatic carbocycles. The van der Waals surface area contributed by atoms with Crippen molar-refractivity contribution in [3.05, 3.63) is 41.4 Å². The van der Waals surface area contributed by atoms with Gasteiger partial charge in [0.05, 0.1) is 12.7 Å². The second-order valence-corrected chi connectivity index (χ2v) is 3.84. The van der Waals surface area contributed by atoms with Gasteiger partial charge in [-0.2, -0.15) is 0 Å². The van der Waals surface area contributed by atoms with Crippen molar-refractivity contribution in [2.75, 3.05) is 6.54 Å². The average molecular weight is 237 g/mol. The summed E-state index contributed by atoms with van der Waals surface area (Å²) < 4.78 is 5.59. The first kappa shape index (κ1) is 11.2. The molecule has 1 aromatic carbocycles. The number of hydrogen-bond acceptors (Lipinski definition) is 3. The minimum Gasteiger partial charge on any atom is -0.439 e. The lowest BCUT2D eigenvalue weighted by Gasteiger charge is -1.97. The molecule has 16 heavy (non-hydrogen) atoms. The van der Waals surface area contributed by atoms with Gasteiger partial charge in [-0.3, -0.25) is 0 Å². The Balaban J connectivity index is 2.15. The van der Waals surface area contributed by atoms with Gasteiger partial charge in [-0.25, -0.2) is 4.98 Å². The molecule has 1 N–H and O–H groups in total. The molecule has 0 fully saturated rings. The third-order valence-corrected chi connectivity index (χ3v) is 2.46. The summed E-state index contributed by atoms with van der Waals surface area (Å²) in [6, 6.07) is 7.51. The van der Waals surface area contributed by atoms with Crippen molar-refractivity contribution in [2.24, 2.45) is 0 Å². The van der Waals surface area contributed by atoms with E-state index in [9.17, 15) is 0 Å². The number of benzene rings is 1. The van der Waals surface area contributed by atoms with Gasteiger partial charge in [-0.15, -0.1) is 0 Å². The van der Waals surface area contributed by atoms with Crippen LogP contribution in [0.4, 0.5) is 0 Å². The van der Waals surface area contributed by atoms with Gasteiger partial charge in [0, 0.05) is 10.6 Å². The molecule has 0 aliphatic heterocycles. The predicted octanol–water partition coefficient (Wildman–Crippen LogP) is 3.10. The standard InChI is InChI=1S/C12H13ClN2O/c1-2-14-8-12-15-7-11(16-12)9-3-5-10(13)6-4-9/h3-7,14H,2,8H2,1H3. The Morgan fingerprint density at radius 1 is 1.31 bits per heavy atom. The van der Waals surface area contributed by atoms with Crippen LogP contribution in [0.5, 0.6) is 0 Å². The molecule has 0 aliphatic rings. The molecule has 4 heteroatoms. The zero-order valence-electron chi connectivity index (χ0n) is 9.03. The van der Waals surface area contributed by atoms with Crippen LogP contribution in [-0.4, -0.2) is 11.5 Å². The van der Waals surface area contributed by atoms with Crippen LogP contribution >= 0.6 is 11.6 Å². The monoisotopic (exact) mass is 236 g/mol. The van der Waals surface area contributed by atoms with Crippen LogP contribution in [0.3, 0.4) is 0 Å². The first-order valence-electron chi connectivity index (χ1n) is 5.21. The Hall–Kier alpha value is -1.32. The Morgan fingerprint density at radius 2 is 2.06 bits per heavy atom. The second kappa shape index (κ2) is 5.14. The third kappa shape index (κ3) is 2.62. The highest BCUT2D eigenvalue weighted by molar-refractivity contribution is 6.30. The minimum atomic E-state index is 0.657. The van der Waals surface area contributed by atoms with Crippen LogP contribution in [0.1, 0.15) is 12.8 Å². The third-order valence-electron chi connectivity index (χ3n) is 2.21. The summed E-state index contributed by atoms with van der Waals surface area (Å²) in [5.74, 6) is 1.47. The number of halogens is 1. The zero-order chi connectivity index (χ0) is 11.4. The van der Waals surface area contributed by atoms with Crippen molar-refractivity contribution in [1.82, 2.24) is 10.3 Å². The lowest BCUT2D eigenvalue weighted by Crippen LogP contribution is -2.11. The first-order valence-corrected chi connectivity index (χ1v) is 5.58. The van der Waals surface area contributed by atoms with Crippen LogP contribution < -0.4 is 5.32 Å². The number of nitrogens with zero attached hydrogens (tertiary/aromatic N) is 1. The summed E-state index contributed by atoms with van der Waals surface area (Å²) in [5.41, 5.74) is 0.986. The number of rotatable bonds is 4. The van der Waals surface area contributed by atoms with E-state index in [0.717, 1.165) is 22.9 Å². The van der Waals surface area contributed by atoms with E-state index in [2.05, 4.69) is 10.3 Å². The first-order chi connectivity index (χ1) is 7.79. The van der Waals surface area contributed by atoms with E-state index >= 15 is 0 Å². The maximum atomic E-state index is 5.82. The molecule has 0 spiro atoms. The second-order valence-electron chi connectivity index (χ2n) is 3.41. The molecule has 0 bridgehead atoms. The Morgan fingerprint density at radius 3 is 2.75 bits per heavy atom. The molecule has 2 aromatic rings. The molecule has 1 aromatic heterocycles. The van der Waals surface area contributed by atoms with E-state index in [0.29, 0.717) is 12.4 Å². The number of nitrogens with one attached hydrogen (secondary N) is 1. The molecule has 3 nitrogen and oxygen atoms in total. The average Bonchev–Trinajstić information content (AvgIpc) is 2.76. The van der Waals surface area contributed by atoms with Crippen molar-refractivity contribution in [1.29, 1.82) is 0 Å². The van der Waals surface area contributed by atoms with Crippen molar-refractivity contribution in [2.45, 2.75) is 13.5 Å². The molecule has 1 heterocycles. The molecule has 2 rings (SSSR count). The largest absolute Gasteiger partial charge is 0.439 e. The molecule has 0 atom stereocenters. The normalized spacial score (nSPS) is 10.6. The zero-order valence-corrected chi connectivity index (χ0v) is 9.79. The number of oxazole rings is 1. The molecule has 0 unspecified atom stereocenters. The van der Waals surface area contributed by atoms with Crippen molar-refractivity contribution >= 4 is 11.6 Å². The molecule has 0 radical (unpaired) electrons. The quantitative estimate of drug-likeness (QED) is 0.887. The lowest BCUT2D eigenvalue weighted by molar-refractivity contribution is 0.482. The van der Waals surface area contributed by atoms with Gasteiger partial charge in [-0.1, -0.05) is 18.5 Å². The van der Waals surface area contributed by atoms with Gasteiger partial charge < -0.3 is 9.73 Å². The van der Waals surface area contributed by atoms with Crippen LogP contribution in [0.15, 0.2) is 34.9 Å². The van der Waals surface area contributed by atoms with Crippen LogP contribution in [0.25, 0.3) is 11.3 Å². The summed E-state index contributed by atoms with van der Waals surface area (Å²) in [5, 5.41) is 3.88. The van der Waals surface area contributed by atoms with E-state index in [1.807, 2.05) is 31.2 Å². The Labute approximate surface area is 99.5 Å². The fourth-order valence-electron chi connectivity index (χ4n) is 1.37. The van der Waals surface area contributed by atoms with E-state index < -0.39 is 0 Å². The topological polar surface area (TPSA) is 38.1 Å². The molecule has 0 saturated heterocycles.